The van der Waals surface area contributed by atoms with Crippen LogP contribution in [0.4, 0.5) is 0 Å². The summed E-state index contributed by atoms with van der Waals surface area (Å²) in [5, 5.41) is 30.8. The molecule has 0 aromatic carbocycles. The quantitative estimate of drug-likeness (QED) is 0.0219. The van der Waals surface area contributed by atoms with Crippen molar-refractivity contribution in [1.29, 1.82) is 0 Å². The average molecular weight is 813 g/mol. The second kappa shape index (κ2) is 33.3. The third-order valence-electron chi connectivity index (χ3n) is 9.11. The first kappa shape index (κ1) is 51.4. The van der Waals surface area contributed by atoms with E-state index >= 15 is 0 Å². The third kappa shape index (κ3) is 27.9. The van der Waals surface area contributed by atoms with Gasteiger partial charge in [-0.3, -0.25) is 14.1 Å². The highest BCUT2D eigenvalue weighted by Crippen LogP contribution is 2.24. The molecule has 0 radical (unpaired) electrons. The number of rotatable bonds is 33. The molecule has 2 unspecified atom stereocenters. The lowest BCUT2D eigenvalue weighted by atomic mass is 10.00. The minimum atomic E-state index is -4.61. The van der Waals surface area contributed by atoms with Crippen LogP contribution >= 0.6 is 0 Å². The summed E-state index contributed by atoms with van der Waals surface area (Å²) in [6, 6.07) is 0. The Bertz CT molecular complexity index is 1280. The monoisotopic (exact) mass is 812 g/mol. The van der Waals surface area contributed by atoms with E-state index in [-0.39, 0.29) is 19.4 Å². The maximum atomic E-state index is 12.7. The summed E-state index contributed by atoms with van der Waals surface area (Å²) in [5.41, 5.74) is 0. The van der Waals surface area contributed by atoms with Crippen molar-refractivity contribution in [3.8, 4) is 0 Å². The van der Waals surface area contributed by atoms with Crippen LogP contribution in [0.2, 0.25) is 0 Å². The van der Waals surface area contributed by atoms with Crippen molar-refractivity contribution in [3.05, 3.63) is 60.8 Å². The predicted molar refractivity (Wildman–Crippen MR) is 219 cm³/mol. The second-order valence-corrected chi connectivity index (χ2v) is 15.8. The van der Waals surface area contributed by atoms with Gasteiger partial charge in [0.2, 0.25) is 0 Å². The minimum absolute atomic E-state index is 0.0847. The van der Waals surface area contributed by atoms with Crippen LogP contribution in [0.25, 0.3) is 0 Å². The van der Waals surface area contributed by atoms with Gasteiger partial charge in [0.05, 0.1) is 6.61 Å². The number of ether oxygens (including phenoxy) is 4. The Morgan fingerprint density at radius 2 is 1.12 bits per heavy atom. The maximum Gasteiger partial charge on any atom is 0.306 e. The molecule has 1 heterocycles. The highest BCUT2D eigenvalue weighted by molar-refractivity contribution is 7.85. The van der Waals surface area contributed by atoms with Gasteiger partial charge in [-0.2, -0.15) is 8.42 Å². The standard InChI is InChI=1S/C43H72O12S/c1-3-5-7-9-11-13-15-16-17-18-19-20-22-24-26-28-30-32-39(45)54-36(33-52-38(44)31-29-27-25-23-21-14-12-10-8-6-4-2)34-53-43-42(48)41(47)40(46)37(55-43)35-56(49,50)51/h5,7,11,13,16-17,19-20,24,26,36-37,40-43,46-48H,3-4,6,8-10,12,14-15,18,21-23,25,27-35H2,1-2H3,(H,49,50,51)/b7-5+,13-11+,17-16+,20-19+,26-24+/t36-,37-,40-,41?,42?,43+/m1/s1. The molecule has 4 N–H and O–H groups in total. The van der Waals surface area contributed by atoms with Gasteiger partial charge >= 0.3 is 11.9 Å². The van der Waals surface area contributed by atoms with E-state index in [1.54, 1.807) is 0 Å². The summed E-state index contributed by atoms with van der Waals surface area (Å²) in [7, 11) is -4.61. The fourth-order valence-corrected chi connectivity index (χ4v) is 6.58. The zero-order valence-corrected chi connectivity index (χ0v) is 34.8. The molecular weight excluding hydrogens is 741 g/mol. The third-order valence-corrected chi connectivity index (χ3v) is 9.86. The zero-order valence-electron chi connectivity index (χ0n) is 34.0. The summed E-state index contributed by atoms with van der Waals surface area (Å²) >= 11 is 0. The van der Waals surface area contributed by atoms with E-state index in [1.807, 2.05) is 12.2 Å². The number of hydrogen-bond acceptors (Lipinski definition) is 11. The summed E-state index contributed by atoms with van der Waals surface area (Å²) in [4.78, 5) is 25.3. The van der Waals surface area contributed by atoms with E-state index < -0.39 is 71.2 Å². The topological polar surface area (TPSA) is 186 Å². The van der Waals surface area contributed by atoms with Crippen LogP contribution in [0.3, 0.4) is 0 Å². The van der Waals surface area contributed by atoms with Crippen LogP contribution in [0.15, 0.2) is 60.8 Å². The Kier molecular flexibility index (Phi) is 30.6. The predicted octanol–water partition coefficient (Wildman–Crippen LogP) is 7.78. The molecule has 1 saturated heterocycles. The Morgan fingerprint density at radius 1 is 0.625 bits per heavy atom. The van der Waals surface area contributed by atoms with Crippen LogP contribution in [0.5, 0.6) is 0 Å². The van der Waals surface area contributed by atoms with Crippen LogP contribution in [-0.2, 0) is 38.7 Å². The maximum absolute atomic E-state index is 12.7. The first-order valence-electron chi connectivity index (χ1n) is 20.8. The summed E-state index contributed by atoms with van der Waals surface area (Å²) in [6.45, 7) is 3.56. The lowest BCUT2D eigenvalue weighted by molar-refractivity contribution is -0.297. The lowest BCUT2D eigenvalue weighted by Gasteiger charge is -2.40. The molecular formula is C43H72O12S. The van der Waals surface area contributed by atoms with Gasteiger partial charge in [0, 0.05) is 12.8 Å². The Balaban J connectivity index is 2.54. The van der Waals surface area contributed by atoms with E-state index in [2.05, 4.69) is 62.5 Å². The molecule has 6 atom stereocenters. The van der Waals surface area contributed by atoms with Gasteiger partial charge in [-0.15, -0.1) is 0 Å². The number of unbranched alkanes of at least 4 members (excludes halogenated alkanes) is 11. The highest BCUT2D eigenvalue weighted by Gasteiger charge is 2.46. The molecule has 1 fully saturated rings. The van der Waals surface area contributed by atoms with Crippen molar-refractivity contribution in [2.45, 2.75) is 179 Å². The molecule has 0 amide bonds. The number of aliphatic hydroxyl groups excluding tert-OH is 3. The van der Waals surface area contributed by atoms with Crippen molar-refractivity contribution in [1.82, 2.24) is 0 Å². The Labute approximate surface area is 336 Å². The average Bonchev–Trinajstić information content (AvgIpc) is 3.16. The van der Waals surface area contributed by atoms with E-state index in [0.29, 0.717) is 19.3 Å². The second-order valence-electron chi connectivity index (χ2n) is 14.3. The largest absolute Gasteiger partial charge is 0.462 e. The molecule has 0 aromatic rings. The SMILES string of the molecule is CC/C=C/C/C=C/C/C=C/C/C=C/C/C=C/CCCC(=O)O[C@H](COC(=O)CCCCCCCCCCCCC)CO[C@H]1O[C@H](CS(=O)(=O)O)[C@@H](O)C(O)C1O. The Morgan fingerprint density at radius 3 is 1.66 bits per heavy atom. The normalized spacial score (nSPS) is 21.3. The molecule has 322 valence electrons. The number of aliphatic hydroxyl groups is 3. The van der Waals surface area contributed by atoms with Gasteiger partial charge in [0.1, 0.15) is 36.8 Å². The summed E-state index contributed by atoms with van der Waals surface area (Å²) in [5.74, 6) is -2.07. The van der Waals surface area contributed by atoms with E-state index in [0.717, 1.165) is 51.4 Å². The molecule has 1 rings (SSSR count). The molecule has 1 aliphatic heterocycles. The van der Waals surface area contributed by atoms with Gasteiger partial charge in [-0.25, -0.2) is 0 Å². The van der Waals surface area contributed by atoms with Gasteiger partial charge in [0.25, 0.3) is 10.1 Å². The van der Waals surface area contributed by atoms with Crippen LogP contribution in [-0.4, -0.2) is 96.0 Å². The van der Waals surface area contributed by atoms with Crippen LogP contribution < -0.4 is 0 Å². The fraction of sp³-hybridized carbons (Fsp3) is 0.721. The van der Waals surface area contributed by atoms with Gasteiger partial charge in [-0.05, 0) is 51.4 Å². The van der Waals surface area contributed by atoms with E-state index in [4.69, 9.17) is 18.9 Å². The molecule has 0 spiro atoms. The van der Waals surface area contributed by atoms with Gasteiger partial charge in [0.15, 0.2) is 12.4 Å². The zero-order chi connectivity index (χ0) is 41.3. The molecule has 56 heavy (non-hydrogen) atoms. The number of carbonyl (C=O) groups is 2. The van der Waals surface area contributed by atoms with Crippen LogP contribution in [0.1, 0.15) is 142 Å². The fourth-order valence-electron chi connectivity index (χ4n) is 5.89. The number of allylic oxidation sites excluding steroid dienone is 10. The molecule has 13 heteroatoms. The van der Waals surface area contributed by atoms with Crippen molar-refractivity contribution in [3.63, 3.8) is 0 Å². The van der Waals surface area contributed by atoms with Crippen molar-refractivity contribution in [2.75, 3.05) is 19.0 Å². The molecule has 0 bridgehead atoms. The lowest BCUT2D eigenvalue weighted by Crippen LogP contribution is -2.60. The van der Waals surface area contributed by atoms with Crippen molar-refractivity contribution in [2.24, 2.45) is 0 Å². The van der Waals surface area contributed by atoms with E-state index in [9.17, 15) is 37.9 Å². The van der Waals surface area contributed by atoms with Crippen molar-refractivity contribution >= 4 is 22.1 Å². The Hall–Kier alpha value is -2.65. The molecule has 0 saturated carbocycles. The molecule has 12 nitrogen and oxygen atoms in total. The van der Waals surface area contributed by atoms with Crippen LogP contribution in [0, 0.1) is 0 Å². The minimum Gasteiger partial charge on any atom is -0.462 e. The van der Waals surface area contributed by atoms with E-state index in [1.165, 1.54) is 44.9 Å². The number of esters is 2. The molecule has 0 aliphatic carbocycles. The van der Waals surface area contributed by atoms with Gasteiger partial charge in [-0.1, -0.05) is 139 Å². The molecule has 1 aliphatic rings. The highest BCUT2D eigenvalue weighted by atomic mass is 32.2. The summed E-state index contributed by atoms with van der Waals surface area (Å²) in [6.07, 6.45) is 30.0. The number of hydrogen-bond donors (Lipinski definition) is 4. The molecule has 0 aromatic heterocycles. The first-order chi connectivity index (χ1) is 27.0. The van der Waals surface area contributed by atoms with Gasteiger partial charge < -0.3 is 34.3 Å². The number of carbonyl (C=O) groups excluding carboxylic acids is 2. The van der Waals surface area contributed by atoms with Crippen molar-refractivity contribution < 1.29 is 56.8 Å². The smallest absolute Gasteiger partial charge is 0.306 e. The summed E-state index contributed by atoms with van der Waals surface area (Å²) < 4.78 is 53.8. The first-order valence-corrected chi connectivity index (χ1v) is 22.5.